The van der Waals surface area contributed by atoms with Crippen molar-refractivity contribution in [1.29, 1.82) is 0 Å². The van der Waals surface area contributed by atoms with Crippen molar-refractivity contribution >= 4 is 16.2 Å². The monoisotopic (exact) mass is 280 g/mol. The Morgan fingerprint density at radius 1 is 1.44 bits per heavy atom. The van der Waals surface area contributed by atoms with Crippen LogP contribution in [0.1, 0.15) is 26.2 Å². The summed E-state index contributed by atoms with van der Waals surface area (Å²) >= 11 is 0. The van der Waals surface area contributed by atoms with Crippen LogP contribution in [-0.2, 0) is 15.0 Å². The van der Waals surface area contributed by atoms with Crippen LogP contribution in [0.2, 0.25) is 0 Å². The molecule has 8 heteroatoms. The zero-order valence-corrected chi connectivity index (χ0v) is 11.2. The lowest BCUT2D eigenvalue weighted by Gasteiger charge is -2.30. The van der Waals surface area contributed by atoms with Gasteiger partial charge in [0.05, 0.1) is 5.92 Å². The standard InChI is InChI=1S/C10H20N2O5S/c1-8(4-7-13)11-18(16,17)12-5-2-9(3-6-12)10(14)15/h8-9,11,13H,2-7H2,1H3,(H,14,15). The second kappa shape index (κ2) is 6.46. The summed E-state index contributed by atoms with van der Waals surface area (Å²) in [7, 11) is -3.57. The highest BCUT2D eigenvalue weighted by molar-refractivity contribution is 7.87. The fourth-order valence-corrected chi connectivity index (χ4v) is 3.39. The van der Waals surface area contributed by atoms with Crippen LogP contribution in [-0.4, -0.2) is 54.6 Å². The quantitative estimate of drug-likeness (QED) is 0.601. The molecule has 106 valence electrons. The first-order valence-corrected chi connectivity index (χ1v) is 7.42. The van der Waals surface area contributed by atoms with Crippen LogP contribution in [0.5, 0.6) is 0 Å². The zero-order valence-electron chi connectivity index (χ0n) is 10.4. The predicted molar refractivity (Wildman–Crippen MR) is 65.2 cm³/mol. The molecule has 0 saturated carbocycles. The summed E-state index contributed by atoms with van der Waals surface area (Å²) in [5, 5.41) is 17.6. The molecular weight excluding hydrogens is 260 g/mol. The van der Waals surface area contributed by atoms with Crippen molar-refractivity contribution in [3.8, 4) is 0 Å². The third kappa shape index (κ3) is 4.20. The molecule has 1 unspecified atom stereocenters. The number of carboxylic acids is 1. The van der Waals surface area contributed by atoms with Crippen LogP contribution in [0.15, 0.2) is 0 Å². The van der Waals surface area contributed by atoms with E-state index in [-0.39, 0.29) is 25.7 Å². The molecule has 0 spiro atoms. The van der Waals surface area contributed by atoms with E-state index in [2.05, 4.69) is 4.72 Å². The molecule has 0 radical (unpaired) electrons. The molecule has 0 aromatic rings. The van der Waals surface area contributed by atoms with Crippen molar-refractivity contribution in [2.24, 2.45) is 5.92 Å². The van der Waals surface area contributed by atoms with Crippen LogP contribution in [0.4, 0.5) is 0 Å². The number of hydrogen-bond acceptors (Lipinski definition) is 4. The van der Waals surface area contributed by atoms with Gasteiger partial charge >= 0.3 is 5.97 Å². The zero-order chi connectivity index (χ0) is 13.8. The van der Waals surface area contributed by atoms with Gasteiger partial charge < -0.3 is 10.2 Å². The Kier molecular flexibility index (Phi) is 5.51. The van der Waals surface area contributed by atoms with Gasteiger partial charge in [0.1, 0.15) is 0 Å². The van der Waals surface area contributed by atoms with E-state index < -0.39 is 22.1 Å². The van der Waals surface area contributed by atoms with E-state index in [0.29, 0.717) is 19.3 Å². The molecule has 0 amide bonds. The molecule has 0 aromatic carbocycles. The lowest BCUT2D eigenvalue weighted by atomic mass is 9.99. The van der Waals surface area contributed by atoms with Crippen molar-refractivity contribution in [3.05, 3.63) is 0 Å². The molecule has 1 aliphatic heterocycles. The Balaban J connectivity index is 2.52. The van der Waals surface area contributed by atoms with Crippen molar-refractivity contribution in [1.82, 2.24) is 9.03 Å². The van der Waals surface area contributed by atoms with Crippen LogP contribution in [0.3, 0.4) is 0 Å². The number of nitrogens with zero attached hydrogens (tertiary/aromatic N) is 1. The summed E-state index contributed by atoms with van der Waals surface area (Å²) < 4.78 is 27.6. The molecule has 1 rings (SSSR count). The number of rotatable bonds is 6. The summed E-state index contributed by atoms with van der Waals surface area (Å²) in [6.07, 6.45) is 1.03. The topological polar surface area (TPSA) is 107 Å². The SMILES string of the molecule is CC(CCO)NS(=O)(=O)N1CCC(C(=O)O)CC1. The number of hydrogen-bond donors (Lipinski definition) is 3. The van der Waals surface area contributed by atoms with Crippen molar-refractivity contribution in [3.63, 3.8) is 0 Å². The van der Waals surface area contributed by atoms with E-state index in [1.165, 1.54) is 4.31 Å². The Morgan fingerprint density at radius 2 is 2.00 bits per heavy atom. The number of aliphatic hydroxyl groups excluding tert-OH is 1. The highest BCUT2D eigenvalue weighted by Gasteiger charge is 2.31. The Labute approximate surface area is 107 Å². The van der Waals surface area contributed by atoms with Gasteiger partial charge in [-0.25, -0.2) is 0 Å². The summed E-state index contributed by atoms with van der Waals surface area (Å²) in [6, 6.07) is -0.336. The van der Waals surface area contributed by atoms with Gasteiger partial charge in [-0.05, 0) is 26.2 Å². The van der Waals surface area contributed by atoms with Gasteiger partial charge in [0.2, 0.25) is 0 Å². The molecule has 3 N–H and O–H groups in total. The van der Waals surface area contributed by atoms with Crippen LogP contribution < -0.4 is 4.72 Å². The fraction of sp³-hybridized carbons (Fsp3) is 0.900. The fourth-order valence-electron chi connectivity index (χ4n) is 1.92. The molecule has 0 aliphatic carbocycles. The second-order valence-corrected chi connectivity index (χ2v) is 6.25. The molecule has 0 aromatic heterocycles. The first kappa shape index (κ1) is 15.4. The predicted octanol–water partition coefficient (Wildman–Crippen LogP) is -0.612. The molecule has 1 heterocycles. The summed E-state index contributed by atoms with van der Waals surface area (Å²) in [5.41, 5.74) is 0. The molecule has 1 fully saturated rings. The first-order chi connectivity index (χ1) is 8.36. The maximum atomic E-state index is 11.9. The third-order valence-corrected chi connectivity index (χ3v) is 4.80. The van der Waals surface area contributed by atoms with E-state index in [0.717, 1.165) is 0 Å². The molecule has 7 nitrogen and oxygen atoms in total. The number of piperidine rings is 1. The minimum absolute atomic E-state index is 0.0786. The van der Waals surface area contributed by atoms with Gasteiger partial charge in [0.15, 0.2) is 0 Å². The van der Waals surface area contributed by atoms with Gasteiger partial charge in [0.25, 0.3) is 10.2 Å². The minimum atomic E-state index is -3.57. The molecule has 1 atom stereocenters. The number of nitrogens with one attached hydrogen (secondary N) is 1. The van der Waals surface area contributed by atoms with Crippen LogP contribution in [0, 0.1) is 5.92 Å². The van der Waals surface area contributed by atoms with E-state index in [9.17, 15) is 13.2 Å². The minimum Gasteiger partial charge on any atom is -0.481 e. The molecular formula is C10H20N2O5S. The third-order valence-electron chi connectivity index (χ3n) is 3.06. The maximum absolute atomic E-state index is 11.9. The maximum Gasteiger partial charge on any atom is 0.306 e. The van der Waals surface area contributed by atoms with Gasteiger partial charge in [-0.15, -0.1) is 0 Å². The number of aliphatic carboxylic acids is 1. The van der Waals surface area contributed by atoms with Crippen molar-refractivity contribution in [2.45, 2.75) is 32.2 Å². The summed E-state index contributed by atoms with van der Waals surface area (Å²) in [5.74, 6) is -1.32. The summed E-state index contributed by atoms with van der Waals surface area (Å²) in [4.78, 5) is 10.8. The molecule has 1 saturated heterocycles. The normalized spacial score (nSPS) is 20.8. The summed E-state index contributed by atoms with van der Waals surface area (Å²) in [6.45, 7) is 2.04. The Morgan fingerprint density at radius 3 is 2.44 bits per heavy atom. The van der Waals surface area contributed by atoms with Crippen molar-refractivity contribution < 1.29 is 23.4 Å². The van der Waals surface area contributed by atoms with E-state index in [4.69, 9.17) is 10.2 Å². The van der Waals surface area contributed by atoms with Gasteiger partial charge in [0, 0.05) is 25.7 Å². The van der Waals surface area contributed by atoms with Crippen LogP contribution >= 0.6 is 0 Å². The Hall–Kier alpha value is -0.700. The highest BCUT2D eigenvalue weighted by atomic mass is 32.2. The average Bonchev–Trinajstić information content (AvgIpc) is 2.28. The van der Waals surface area contributed by atoms with E-state index in [1.807, 2.05) is 0 Å². The molecule has 0 bridgehead atoms. The average molecular weight is 280 g/mol. The smallest absolute Gasteiger partial charge is 0.306 e. The van der Waals surface area contributed by atoms with Crippen LogP contribution in [0.25, 0.3) is 0 Å². The van der Waals surface area contributed by atoms with Gasteiger partial charge in [-0.1, -0.05) is 0 Å². The largest absolute Gasteiger partial charge is 0.481 e. The second-order valence-electron chi connectivity index (χ2n) is 4.55. The lowest BCUT2D eigenvalue weighted by molar-refractivity contribution is -0.142. The number of carboxylic acid groups (broad SMARTS) is 1. The molecule has 18 heavy (non-hydrogen) atoms. The number of aliphatic hydroxyl groups is 1. The molecule has 1 aliphatic rings. The Bertz CT molecular complexity index is 376. The first-order valence-electron chi connectivity index (χ1n) is 5.98. The van der Waals surface area contributed by atoms with Gasteiger partial charge in [-0.3, -0.25) is 4.79 Å². The lowest BCUT2D eigenvalue weighted by Crippen LogP contribution is -2.48. The number of carbonyl (C=O) groups is 1. The van der Waals surface area contributed by atoms with E-state index in [1.54, 1.807) is 6.92 Å². The highest BCUT2D eigenvalue weighted by Crippen LogP contribution is 2.19. The van der Waals surface area contributed by atoms with E-state index >= 15 is 0 Å². The van der Waals surface area contributed by atoms with Crippen molar-refractivity contribution in [2.75, 3.05) is 19.7 Å². The van der Waals surface area contributed by atoms with Gasteiger partial charge in [-0.2, -0.15) is 17.4 Å².